The topological polar surface area (TPSA) is 96.5 Å². The molecule has 0 saturated carbocycles. The van der Waals surface area contributed by atoms with Gasteiger partial charge in [-0.15, -0.1) is 0 Å². The minimum Gasteiger partial charge on any atom is -0.480 e. The van der Waals surface area contributed by atoms with Crippen molar-refractivity contribution in [3.05, 3.63) is 29.6 Å². The Hall–Kier alpha value is -2.16. The van der Waals surface area contributed by atoms with Gasteiger partial charge in [0.15, 0.2) is 0 Å². The fourth-order valence-electron chi connectivity index (χ4n) is 2.19. The Kier molecular flexibility index (Phi) is 4.10. The van der Waals surface area contributed by atoms with E-state index in [0.717, 1.165) is 18.3 Å². The number of likely N-dealkylation sites (tertiary alicyclic amines) is 1. The minimum atomic E-state index is -4.56. The molecule has 0 aromatic carbocycles. The predicted molar refractivity (Wildman–Crippen MR) is 68.9 cm³/mol. The number of hydrogen-bond acceptors (Lipinski definition) is 4. The van der Waals surface area contributed by atoms with Crippen LogP contribution in [0.3, 0.4) is 0 Å². The first kappa shape index (κ1) is 16.2. The number of carboxylic acids is 1. The van der Waals surface area contributed by atoms with E-state index >= 15 is 0 Å². The molecule has 1 saturated heterocycles. The van der Waals surface area contributed by atoms with Crippen molar-refractivity contribution in [3.63, 3.8) is 0 Å². The van der Waals surface area contributed by atoms with Crippen LogP contribution in [0.4, 0.5) is 13.2 Å². The Bertz CT molecular complexity index is 578. The number of hydrogen-bond donors (Lipinski definition) is 2. The van der Waals surface area contributed by atoms with Gasteiger partial charge in [0, 0.05) is 19.3 Å². The SMILES string of the molecule is NC1(C(=O)O)CCN(C(=O)c2ccc(C(F)(F)F)nc2)CC1. The van der Waals surface area contributed by atoms with Gasteiger partial charge < -0.3 is 15.7 Å². The summed E-state index contributed by atoms with van der Waals surface area (Å²) in [5.41, 5.74) is 3.28. The molecular weight excluding hydrogens is 303 g/mol. The van der Waals surface area contributed by atoms with Crippen molar-refractivity contribution >= 4 is 11.9 Å². The van der Waals surface area contributed by atoms with Gasteiger partial charge in [-0.05, 0) is 25.0 Å². The van der Waals surface area contributed by atoms with Crippen molar-refractivity contribution in [1.82, 2.24) is 9.88 Å². The molecule has 1 aliphatic heterocycles. The Balaban J connectivity index is 2.06. The highest BCUT2D eigenvalue weighted by atomic mass is 19.4. The second-order valence-electron chi connectivity index (χ2n) is 5.18. The van der Waals surface area contributed by atoms with Gasteiger partial charge in [0.2, 0.25) is 0 Å². The summed E-state index contributed by atoms with van der Waals surface area (Å²) in [7, 11) is 0. The molecule has 1 aliphatic rings. The third-order valence-corrected chi connectivity index (χ3v) is 3.67. The van der Waals surface area contributed by atoms with Crippen LogP contribution < -0.4 is 5.73 Å². The van der Waals surface area contributed by atoms with Gasteiger partial charge in [-0.25, -0.2) is 0 Å². The van der Waals surface area contributed by atoms with E-state index in [-0.39, 0.29) is 31.5 Å². The number of aromatic nitrogens is 1. The molecule has 0 bridgehead atoms. The number of carboxylic acid groups (broad SMARTS) is 1. The number of piperidine rings is 1. The molecule has 0 spiro atoms. The molecule has 1 amide bonds. The first-order valence-corrected chi connectivity index (χ1v) is 6.48. The number of nitrogens with two attached hydrogens (primary N) is 1. The molecular formula is C13H14F3N3O3. The Labute approximate surface area is 123 Å². The second kappa shape index (κ2) is 5.56. The van der Waals surface area contributed by atoms with Crippen LogP contribution in [0.15, 0.2) is 18.3 Å². The van der Waals surface area contributed by atoms with Crippen LogP contribution in [0.2, 0.25) is 0 Å². The molecule has 0 atom stereocenters. The van der Waals surface area contributed by atoms with E-state index in [2.05, 4.69) is 4.98 Å². The summed E-state index contributed by atoms with van der Waals surface area (Å²) in [5.74, 6) is -1.62. The number of halogens is 3. The molecule has 9 heteroatoms. The quantitative estimate of drug-likeness (QED) is 0.852. The highest BCUT2D eigenvalue weighted by Crippen LogP contribution is 2.27. The number of carbonyl (C=O) groups excluding carboxylic acids is 1. The van der Waals surface area contributed by atoms with Gasteiger partial charge in [0.1, 0.15) is 11.2 Å². The third-order valence-electron chi connectivity index (χ3n) is 3.67. The summed E-state index contributed by atoms with van der Waals surface area (Å²) in [4.78, 5) is 27.8. The monoisotopic (exact) mass is 317 g/mol. The van der Waals surface area contributed by atoms with E-state index in [1.165, 1.54) is 4.90 Å². The molecule has 6 nitrogen and oxygen atoms in total. The lowest BCUT2D eigenvalue weighted by molar-refractivity contribution is -0.145. The van der Waals surface area contributed by atoms with Crippen molar-refractivity contribution in [2.75, 3.05) is 13.1 Å². The van der Waals surface area contributed by atoms with Crippen LogP contribution >= 0.6 is 0 Å². The van der Waals surface area contributed by atoms with Crippen molar-refractivity contribution < 1.29 is 27.9 Å². The molecule has 1 fully saturated rings. The van der Waals surface area contributed by atoms with E-state index in [9.17, 15) is 22.8 Å². The maximum Gasteiger partial charge on any atom is 0.433 e. The third kappa shape index (κ3) is 3.19. The molecule has 1 aromatic heterocycles. The molecule has 3 N–H and O–H groups in total. The first-order chi connectivity index (χ1) is 10.1. The highest BCUT2D eigenvalue weighted by molar-refractivity contribution is 5.94. The normalized spacial score (nSPS) is 18.1. The van der Waals surface area contributed by atoms with E-state index in [4.69, 9.17) is 10.8 Å². The van der Waals surface area contributed by atoms with Crippen LogP contribution in [-0.4, -0.2) is 45.5 Å². The van der Waals surface area contributed by atoms with E-state index < -0.39 is 29.3 Å². The molecule has 1 aromatic rings. The summed E-state index contributed by atoms with van der Waals surface area (Å²) in [6.45, 7) is 0.255. The maximum atomic E-state index is 12.4. The van der Waals surface area contributed by atoms with Gasteiger partial charge in [-0.2, -0.15) is 13.2 Å². The van der Waals surface area contributed by atoms with E-state index in [1.54, 1.807) is 0 Å². The molecule has 0 unspecified atom stereocenters. The van der Waals surface area contributed by atoms with E-state index in [0.29, 0.717) is 0 Å². The lowest BCUT2D eigenvalue weighted by Gasteiger charge is -2.36. The van der Waals surface area contributed by atoms with Crippen LogP contribution in [0.25, 0.3) is 0 Å². The minimum absolute atomic E-state index is 0.0212. The average Bonchev–Trinajstić information content (AvgIpc) is 2.46. The molecule has 0 radical (unpaired) electrons. The maximum absolute atomic E-state index is 12.4. The molecule has 120 valence electrons. The molecule has 2 rings (SSSR count). The van der Waals surface area contributed by atoms with Crippen molar-refractivity contribution in [2.45, 2.75) is 24.6 Å². The fourth-order valence-corrected chi connectivity index (χ4v) is 2.19. The van der Waals surface area contributed by atoms with Crippen molar-refractivity contribution in [2.24, 2.45) is 5.73 Å². The molecule has 22 heavy (non-hydrogen) atoms. The van der Waals surface area contributed by atoms with Crippen LogP contribution in [-0.2, 0) is 11.0 Å². The van der Waals surface area contributed by atoms with Gasteiger partial charge in [-0.1, -0.05) is 0 Å². The average molecular weight is 317 g/mol. The first-order valence-electron chi connectivity index (χ1n) is 6.48. The number of rotatable bonds is 2. The zero-order valence-electron chi connectivity index (χ0n) is 11.4. The smallest absolute Gasteiger partial charge is 0.433 e. The Morgan fingerprint density at radius 1 is 1.27 bits per heavy atom. The Morgan fingerprint density at radius 2 is 1.86 bits per heavy atom. The van der Waals surface area contributed by atoms with E-state index in [1.807, 2.05) is 0 Å². The zero-order valence-corrected chi connectivity index (χ0v) is 11.4. The summed E-state index contributed by atoms with van der Waals surface area (Å²) >= 11 is 0. The van der Waals surface area contributed by atoms with Gasteiger partial charge in [0.05, 0.1) is 5.56 Å². The summed E-state index contributed by atoms with van der Waals surface area (Å²) < 4.78 is 37.2. The molecule has 2 heterocycles. The lowest BCUT2D eigenvalue weighted by Crippen LogP contribution is -2.56. The van der Waals surface area contributed by atoms with Gasteiger partial charge in [-0.3, -0.25) is 14.6 Å². The summed E-state index contributed by atoms with van der Waals surface area (Å²) in [5, 5.41) is 9.00. The number of carbonyl (C=O) groups is 2. The number of pyridine rings is 1. The number of aliphatic carboxylic acids is 1. The standard InChI is InChI=1S/C13H14F3N3O3/c14-13(15,16)9-2-1-8(7-18-9)10(20)19-5-3-12(17,4-6-19)11(21)22/h1-2,7H,3-6,17H2,(H,21,22). The van der Waals surface area contributed by atoms with Crippen LogP contribution in [0, 0.1) is 0 Å². The highest BCUT2D eigenvalue weighted by Gasteiger charge is 2.39. The largest absolute Gasteiger partial charge is 0.480 e. The summed E-state index contributed by atoms with van der Waals surface area (Å²) in [6, 6.07) is 1.79. The number of amides is 1. The van der Waals surface area contributed by atoms with Crippen molar-refractivity contribution in [1.29, 1.82) is 0 Å². The van der Waals surface area contributed by atoms with Gasteiger partial charge in [0.25, 0.3) is 5.91 Å². The predicted octanol–water partition coefficient (Wildman–Crippen LogP) is 1.12. The van der Waals surface area contributed by atoms with Crippen molar-refractivity contribution in [3.8, 4) is 0 Å². The second-order valence-corrected chi connectivity index (χ2v) is 5.18. The summed E-state index contributed by atoms with van der Waals surface area (Å²) in [6.07, 6.45) is -3.52. The zero-order chi connectivity index (χ0) is 16.5. The van der Waals surface area contributed by atoms with Crippen LogP contribution in [0.5, 0.6) is 0 Å². The number of nitrogens with zero attached hydrogens (tertiary/aromatic N) is 2. The van der Waals surface area contributed by atoms with Gasteiger partial charge >= 0.3 is 12.1 Å². The fraction of sp³-hybridized carbons (Fsp3) is 0.462. The Morgan fingerprint density at radius 3 is 2.27 bits per heavy atom. The lowest BCUT2D eigenvalue weighted by atomic mass is 9.88. The number of alkyl halides is 3. The molecule has 0 aliphatic carbocycles. The van der Waals surface area contributed by atoms with Crippen LogP contribution in [0.1, 0.15) is 28.9 Å².